The fourth-order valence-corrected chi connectivity index (χ4v) is 4.52. The second kappa shape index (κ2) is 3.00. The van der Waals surface area contributed by atoms with Crippen LogP contribution in [0.15, 0.2) is 0 Å². The summed E-state index contributed by atoms with van der Waals surface area (Å²) in [5.74, 6) is 2.16. The van der Waals surface area contributed by atoms with E-state index < -0.39 is 0 Å². The number of fused-ring (bicyclic) bond motifs is 5. The van der Waals surface area contributed by atoms with Crippen LogP contribution in [0.25, 0.3) is 0 Å². The summed E-state index contributed by atoms with van der Waals surface area (Å²) in [6.45, 7) is 5.11. The van der Waals surface area contributed by atoms with E-state index in [2.05, 4.69) is 25.2 Å². The average Bonchev–Trinajstić information content (AvgIpc) is 2.88. The van der Waals surface area contributed by atoms with E-state index in [1.807, 2.05) is 0 Å². The molecule has 0 spiro atoms. The van der Waals surface area contributed by atoms with Crippen molar-refractivity contribution >= 4 is 5.91 Å². The minimum Gasteiger partial charge on any atom is -0.356 e. The second-order valence-corrected chi connectivity index (χ2v) is 6.05. The van der Waals surface area contributed by atoms with Crippen LogP contribution in [-0.2, 0) is 4.79 Å². The van der Waals surface area contributed by atoms with E-state index in [0.717, 1.165) is 19.4 Å². The number of rotatable bonds is 1. The number of nitrogens with one attached hydrogen (secondary N) is 1. The van der Waals surface area contributed by atoms with Crippen LogP contribution in [0.3, 0.4) is 0 Å². The zero-order chi connectivity index (χ0) is 11.5. The van der Waals surface area contributed by atoms with Gasteiger partial charge in [0.2, 0.25) is 5.91 Å². The fourth-order valence-electron chi connectivity index (χ4n) is 4.52. The number of nitriles is 1. The van der Waals surface area contributed by atoms with Gasteiger partial charge >= 0.3 is 0 Å². The first kappa shape index (κ1) is 10.1. The Bertz CT molecular complexity index is 384. The van der Waals surface area contributed by atoms with E-state index in [-0.39, 0.29) is 17.2 Å². The van der Waals surface area contributed by atoms with Gasteiger partial charge in [0.05, 0.1) is 11.5 Å². The summed E-state index contributed by atoms with van der Waals surface area (Å²) in [7, 11) is 0. The molecule has 3 nitrogen and oxygen atoms in total. The summed E-state index contributed by atoms with van der Waals surface area (Å²) < 4.78 is 0. The van der Waals surface area contributed by atoms with E-state index in [1.54, 1.807) is 0 Å². The lowest BCUT2D eigenvalue weighted by Gasteiger charge is -2.39. The topological polar surface area (TPSA) is 52.9 Å². The largest absolute Gasteiger partial charge is 0.356 e. The highest BCUT2D eigenvalue weighted by atomic mass is 16.2. The Morgan fingerprint density at radius 2 is 2.31 bits per heavy atom. The maximum atomic E-state index is 11.9. The molecule has 1 amide bonds. The fraction of sp³-hybridized carbons (Fsp3) is 0.846. The van der Waals surface area contributed by atoms with Gasteiger partial charge in [-0.1, -0.05) is 13.8 Å². The van der Waals surface area contributed by atoms with Gasteiger partial charge in [0.25, 0.3) is 0 Å². The Balaban J connectivity index is 2.00. The monoisotopic (exact) mass is 218 g/mol. The minimum atomic E-state index is -0.229. The minimum absolute atomic E-state index is 0.140. The Kier molecular flexibility index (Phi) is 1.90. The zero-order valence-electron chi connectivity index (χ0n) is 9.86. The Labute approximate surface area is 96.2 Å². The van der Waals surface area contributed by atoms with Gasteiger partial charge in [0, 0.05) is 12.5 Å². The molecule has 16 heavy (non-hydrogen) atoms. The van der Waals surface area contributed by atoms with Crippen molar-refractivity contribution in [3.8, 4) is 6.07 Å². The van der Waals surface area contributed by atoms with Gasteiger partial charge in [-0.25, -0.2) is 0 Å². The van der Waals surface area contributed by atoms with Gasteiger partial charge in [0.15, 0.2) is 0 Å². The summed E-state index contributed by atoms with van der Waals surface area (Å²) in [5, 5.41) is 12.5. The Hall–Kier alpha value is -1.04. The smallest absolute Gasteiger partial charge is 0.223 e. The molecule has 0 aromatic rings. The Morgan fingerprint density at radius 3 is 2.94 bits per heavy atom. The van der Waals surface area contributed by atoms with Crippen LogP contribution < -0.4 is 5.32 Å². The van der Waals surface area contributed by atoms with E-state index in [4.69, 9.17) is 0 Å². The van der Waals surface area contributed by atoms with Crippen LogP contribution in [0.2, 0.25) is 0 Å². The molecule has 3 rings (SSSR count). The number of hydrogen-bond acceptors (Lipinski definition) is 2. The summed E-state index contributed by atoms with van der Waals surface area (Å²) in [6, 6.07) is 2.56. The average molecular weight is 218 g/mol. The third-order valence-electron chi connectivity index (χ3n) is 5.37. The van der Waals surface area contributed by atoms with Crippen molar-refractivity contribution in [1.82, 2.24) is 5.32 Å². The number of nitrogens with zero attached hydrogens (tertiary/aromatic N) is 1. The highest BCUT2D eigenvalue weighted by Gasteiger charge is 2.64. The first-order valence-corrected chi connectivity index (χ1v) is 6.29. The zero-order valence-corrected chi connectivity index (χ0v) is 9.86. The molecule has 5 unspecified atom stereocenters. The first-order valence-electron chi connectivity index (χ1n) is 6.29. The third kappa shape index (κ3) is 0.959. The van der Waals surface area contributed by atoms with Crippen molar-refractivity contribution in [2.75, 3.05) is 6.54 Å². The van der Waals surface area contributed by atoms with E-state index in [1.165, 1.54) is 0 Å². The lowest BCUT2D eigenvalue weighted by Crippen LogP contribution is -2.41. The molecule has 3 heteroatoms. The molecule has 86 valence electrons. The highest BCUT2D eigenvalue weighted by Crippen LogP contribution is 2.64. The molecule has 5 atom stereocenters. The van der Waals surface area contributed by atoms with Crippen LogP contribution in [0.4, 0.5) is 0 Å². The summed E-state index contributed by atoms with van der Waals surface area (Å²) in [6.07, 6.45) is 2.12. The van der Waals surface area contributed by atoms with Crippen LogP contribution >= 0.6 is 0 Å². The van der Waals surface area contributed by atoms with Crippen LogP contribution in [0.5, 0.6) is 0 Å². The van der Waals surface area contributed by atoms with E-state index in [9.17, 15) is 10.1 Å². The standard InChI is InChI=1S/C13H18N2O/c1-7(2)13(6-14)4-8-3-10(13)11-9(8)5-15-12(11)16/h7-11H,3-5H2,1-2H3,(H,15,16). The lowest BCUT2D eigenvalue weighted by atomic mass is 9.61. The van der Waals surface area contributed by atoms with Crippen molar-refractivity contribution < 1.29 is 4.79 Å². The molecule has 3 fully saturated rings. The molecule has 1 heterocycles. The van der Waals surface area contributed by atoms with Crippen molar-refractivity contribution in [2.24, 2.45) is 35.0 Å². The third-order valence-corrected chi connectivity index (χ3v) is 5.37. The van der Waals surface area contributed by atoms with Gasteiger partial charge in [-0.3, -0.25) is 4.79 Å². The van der Waals surface area contributed by atoms with E-state index in [0.29, 0.717) is 23.7 Å². The molecule has 0 aromatic carbocycles. The summed E-state index contributed by atoms with van der Waals surface area (Å²) in [5.41, 5.74) is -0.229. The van der Waals surface area contributed by atoms with Gasteiger partial charge in [-0.15, -0.1) is 0 Å². The molecule has 0 radical (unpaired) electrons. The second-order valence-electron chi connectivity index (χ2n) is 6.05. The molecule has 1 N–H and O–H groups in total. The maximum Gasteiger partial charge on any atom is 0.223 e. The number of amides is 1. The molecule has 0 aromatic heterocycles. The number of hydrogen-bond donors (Lipinski definition) is 1. The molecule has 3 aliphatic rings. The SMILES string of the molecule is CC(C)C1(C#N)CC2CC1C1C(=O)NCC21. The maximum absolute atomic E-state index is 11.9. The molecule has 2 saturated carbocycles. The van der Waals surface area contributed by atoms with Gasteiger partial charge in [0.1, 0.15) is 0 Å². The summed E-state index contributed by atoms with van der Waals surface area (Å²) in [4.78, 5) is 11.9. The van der Waals surface area contributed by atoms with Gasteiger partial charge < -0.3 is 5.32 Å². The van der Waals surface area contributed by atoms with Crippen LogP contribution in [-0.4, -0.2) is 12.5 Å². The molecular formula is C13H18N2O. The van der Waals surface area contributed by atoms with Crippen molar-refractivity contribution in [3.05, 3.63) is 0 Å². The van der Waals surface area contributed by atoms with Gasteiger partial charge in [-0.2, -0.15) is 5.26 Å². The van der Waals surface area contributed by atoms with Crippen LogP contribution in [0, 0.1) is 46.3 Å². The molecule has 2 aliphatic carbocycles. The molecule has 1 aliphatic heterocycles. The molecule has 1 saturated heterocycles. The van der Waals surface area contributed by atoms with Crippen LogP contribution in [0.1, 0.15) is 26.7 Å². The quantitative estimate of drug-likeness (QED) is 0.726. The predicted octanol–water partition coefficient (Wildman–Crippen LogP) is 1.55. The van der Waals surface area contributed by atoms with E-state index >= 15 is 0 Å². The number of carbonyl (C=O) groups is 1. The number of carbonyl (C=O) groups excluding carboxylic acids is 1. The Morgan fingerprint density at radius 1 is 1.56 bits per heavy atom. The normalized spacial score (nSPS) is 49.2. The van der Waals surface area contributed by atoms with Crippen molar-refractivity contribution in [3.63, 3.8) is 0 Å². The highest BCUT2D eigenvalue weighted by molar-refractivity contribution is 5.82. The molecular weight excluding hydrogens is 200 g/mol. The molecule has 2 bridgehead atoms. The lowest BCUT2D eigenvalue weighted by molar-refractivity contribution is -0.125. The van der Waals surface area contributed by atoms with Crippen molar-refractivity contribution in [1.29, 1.82) is 5.26 Å². The summed E-state index contributed by atoms with van der Waals surface area (Å²) >= 11 is 0. The van der Waals surface area contributed by atoms with Crippen molar-refractivity contribution in [2.45, 2.75) is 26.7 Å². The first-order chi connectivity index (χ1) is 7.60. The predicted molar refractivity (Wildman–Crippen MR) is 59.1 cm³/mol. The van der Waals surface area contributed by atoms with Gasteiger partial charge in [-0.05, 0) is 36.5 Å².